The quantitative estimate of drug-likeness (QED) is 0.555. The van der Waals surface area contributed by atoms with Crippen LogP contribution in [0.2, 0.25) is 0 Å². The standard InChI is InChI=1S/C25H29N5O3/c31-25(20-6-8-21(9-7-20)33-18-15-28-13-16-32-17-14-28)30-11-2-4-23(30)22-3-1-5-24(27-22)29-12-10-26-19-29/h1,3,5-10,12,19,23H,2,4,11,13-18H2. The van der Waals surface area contributed by atoms with Gasteiger partial charge in [-0.15, -0.1) is 0 Å². The lowest BCUT2D eigenvalue weighted by Gasteiger charge is -2.26. The van der Waals surface area contributed by atoms with Crippen LogP contribution in [-0.4, -0.2) is 76.2 Å². The van der Waals surface area contributed by atoms with Gasteiger partial charge in [-0.1, -0.05) is 6.07 Å². The Bertz CT molecular complexity index is 1050. The first-order valence-electron chi connectivity index (χ1n) is 11.6. The second kappa shape index (κ2) is 10.1. The van der Waals surface area contributed by atoms with Crippen molar-refractivity contribution in [3.63, 3.8) is 0 Å². The van der Waals surface area contributed by atoms with Crippen molar-refractivity contribution in [2.75, 3.05) is 46.0 Å². The summed E-state index contributed by atoms with van der Waals surface area (Å²) in [4.78, 5) is 26.5. The van der Waals surface area contributed by atoms with Gasteiger partial charge < -0.3 is 14.4 Å². The number of carbonyl (C=O) groups is 1. The normalized spacial score (nSPS) is 19.0. The zero-order chi connectivity index (χ0) is 22.5. The molecule has 1 atom stereocenters. The second-order valence-corrected chi connectivity index (χ2v) is 8.37. The zero-order valence-corrected chi connectivity index (χ0v) is 18.7. The Labute approximate surface area is 193 Å². The van der Waals surface area contributed by atoms with Crippen LogP contribution in [0.3, 0.4) is 0 Å². The van der Waals surface area contributed by atoms with Gasteiger partial charge in [-0.25, -0.2) is 9.97 Å². The van der Waals surface area contributed by atoms with Gasteiger partial charge in [0.1, 0.15) is 24.5 Å². The number of benzene rings is 1. The summed E-state index contributed by atoms with van der Waals surface area (Å²) in [5, 5.41) is 0. The molecular formula is C25H29N5O3. The Morgan fingerprint density at radius 2 is 1.94 bits per heavy atom. The van der Waals surface area contributed by atoms with Gasteiger partial charge in [-0.3, -0.25) is 14.3 Å². The Balaban J connectivity index is 1.22. The Morgan fingerprint density at radius 1 is 1.09 bits per heavy atom. The lowest BCUT2D eigenvalue weighted by Crippen LogP contribution is -2.38. The number of likely N-dealkylation sites (tertiary alicyclic amines) is 1. The number of pyridine rings is 1. The molecule has 0 aliphatic carbocycles. The molecule has 8 heteroatoms. The van der Waals surface area contributed by atoms with Crippen LogP contribution in [-0.2, 0) is 4.74 Å². The van der Waals surface area contributed by atoms with Crippen molar-refractivity contribution in [3.8, 4) is 11.6 Å². The molecular weight excluding hydrogens is 418 g/mol. The smallest absolute Gasteiger partial charge is 0.254 e. The number of ether oxygens (including phenoxy) is 2. The van der Waals surface area contributed by atoms with Crippen LogP contribution in [0.5, 0.6) is 5.75 Å². The molecule has 0 saturated carbocycles. The largest absolute Gasteiger partial charge is 0.492 e. The number of rotatable bonds is 7. The summed E-state index contributed by atoms with van der Waals surface area (Å²) in [5.74, 6) is 1.63. The van der Waals surface area contributed by atoms with E-state index in [1.54, 1.807) is 12.5 Å². The van der Waals surface area contributed by atoms with Gasteiger partial charge in [0.15, 0.2) is 0 Å². The maximum absolute atomic E-state index is 13.3. The first-order valence-corrected chi connectivity index (χ1v) is 11.6. The van der Waals surface area contributed by atoms with Gasteiger partial charge in [-0.05, 0) is 49.2 Å². The molecule has 0 radical (unpaired) electrons. The second-order valence-electron chi connectivity index (χ2n) is 8.37. The van der Waals surface area contributed by atoms with Crippen LogP contribution in [0.15, 0.2) is 61.2 Å². The van der Waals surface area contributed by atoms with E-state index >= 15 is 0 Å². The van der Waals surface area contributed by atoms with Crippen molar-refractivity contribution in [3.05, 3.63) is 72.4 Å². The third-order valence-electron chi connectivity index (χ3n) is 6.26. The molecule has 2 aliphatic heterocycles. The van der Waals surface area contributed by atoms with Crippen molar-refractivity contribution in [1.29, 1.82) is 0 Å². The molecule has 33 heavy (non-hydrogen) atoms. The summed E-state index contributed by atoms with van der Waals surface area (Å²) in [6.07, 6.45) is 7.21. The third kappa shape index (κ3) is 5.07. The number of hydrogen-bond acceptors (Lipinski definition) is 6. The lowest BCUT2D eigenvalue weighted by atomic mass is 10.1. The van der Waals surface area contributed by atoms with E-state index in [1.807, 2.05) is 58.1 Å². The van der Waals surface area contributed by atoms with E-state index < -0.39 is 0 Å². The van der Waals surface area contributed by atoms with E-state index in [1.165, 1.54) is 0 Å². The summed E-state index contributed by atoms with van der Waals surface area (Å²) in [6, 6.07) is 13.4. The zero-order valence-electron chi connectivity index (χ0n) is 18.7. The summed E-state index contributed by atoms with van der Waals surface area (Å²) < 4.78 is 13.1. The van der Waals surface area contributed by atoms with Crippen molar-refractivity contribution in [2.24, 2.45) is 0 Å². The van der Waals surface area contributed by atoms with E-state index in [2.05, 4.69) is 9.88 Å². The average molecular weight is 448 g/mol. The molecule has 2 aliphatic rings. The van der Waals surface area contributed by atoms with Crippen molar-refractivity contribution >= 4 is 5.91 Å². The predicted octanol–water partition coefficient (Wildman–Crippen LogP) is 2.96. The van der Waals surface area contributed by atoms with E-state index in [4.69, 9.17) is 14.5 Å². The lowest BCUT2D eigenvalue weighted by molar-refractivity contribution is 0.0322. The molecule has 4 heterocycles. The van der Waals surface area contributed by atoms with E-state index in [-0.39, 0.29) is 11.9 Å². The summed E-state index contributed by atoms with van der Waals surface area (Å²) in [6.45, 7) is 5.72. The molecule has 3 aromatic rings. The molecule has 1 amide bonds. The number of nitrogens with zero attached hydrogens (tertiary/aromatic N) is 5. The molecule has 2 aromatic heterocycles. The highest BCUT2D eigenvalue weighted by atomic mass is 16.5. The predicted molar refractivity (Wildman–Crippen MR) is 124 cm³/mol. The maximum Gasteiger partial charge on any atom is 0.254 e. The van der Waals surface area contributed by atoms with E-state index in [0.717, 1.165) is 69.5 Å². The van der Waals surface area contributed by atoms with Crippen LogP contribution in [0.25, 0.3) is 5.82 Å². The maximum atomic E-state index is 13.3. The van der Waals surface area contributed by atoms with Crippen LogP contribution < -0.4 is 4.74 Å². The molecule has 1 aromatic carbocycles. The van der Waals surface area contributed by atoms with Crippen LogP contribution >= 0.6 is 0 Å². The molecule has 8 nitrogen and oxygen atoms in total. The van der Waals surface area contributed by atoms with Gasteiger partial charge in [0.25, 0.3) is 5.91 Å². The van der Waals surface area contributed by atoms with Gasteiger partial charge in [0.2, 0.25) is 0 Å². The van der Waals surface area contributed by atoms with E-state index in [0.29, 0.717) is 12.2 Å². The fourth-order valence-corrected chi connectivity index (χ4v) is 4.46. The Kier molecular flexibility index (Phi) is 6.64. The van der Waals surface area contributed by atoms with Crippen LogP contribution in [0.1, 0.15) is 34.9 Å². The molecule has 2 fully saturated rings. The summed E-state index contributed by atoms with van der Waals surface area (Å²) in [5.41, 5.74) is 1.59. The van der Waals surface area contributed by atoms with Crippen LogP contribution in [0.4, 0.5) is 0 Å². The number of hydrogen-bond donors (Lipinski definition) is 0. The summed E-state index contributed by atoms with van der Waals surface area (Å²) in [7, 11) is 0. The first-order chi connectivity index (χ1) is 16.3. The van der Waals surface area contributed by atoms with Crippen molar-refractivity contribution in [2.45, 2.75) is 18.9 Å². The fourth-order valence-electron chi connectivity index (χ4n) is 4.46. The topological polar surface area (TPSA) is 72.7 Å². The van der Waals surface area contributed by atoms with Gasteiger partial charge in [0, 0.05) is 44.1 Å². The molecule has 172 valence electrons. The van der Waals surface area contributed by atoms with Crippen molar-refractivity contribution < 1.29 is 14.3 Å². The molecule has 0 spiro atoms. The number of aromatic nitrogens is 3. The molecule has 1 unspecified atom stereocenters. The highest BCUT2D eigenvalue weighted by molar-refractivity contribution is 5.94. The SMILES string of the molecule is O=C(c1ccc(OCCN2CCOCC2)cc1)N1CCCC1c1cccc(-n2ccnc2)n1. The number of imidazole rings is 1. The first kappa shape index (κ1) is 21.6. The number of carbonyl (C=O) groups excluding carboxylic acids is 1. The highest BCUT2D eigenvalue weighted by Crippen LogP contribution is 2.32. The average Bonchev–Trinajstić information content (AvgIpc) is 3.58. The van der Waals surface area contributed by atoms with E-state index in [9.17, 15) is 4.79 Å². The van der Waals surface area contributed by atoms with Gasteiger partial charge in [0.05, 0.1) is 24.9 Å². The number of amides is 1. The van der Waals surface area contributed by atoms with Gasteiger partial charge >= 0.3 is 0 Å². The minimum Gasteiger partial charge on any atom is -0.492 e. The Hall–Kier alpha value is -3.23. The molecule has 5 rings (SSSR count). The fraction of sp³-hybridized carbons (Fsp3) is 0.400. The summed E-state index contributed by atoms with van der Waals surface area (Å²) >= 11 is 0. The number of morpholine rings is 1. The highest BCUT2D eigenvalue weighted by Gasteiger charge is 2.31. The monoisotopic (exact) mass is 447 g/mol. The third-order valence-corrected chi connectivity index (χ3v) is 6.26. The molecule has 0 bridgehead atoms. The minimum atomic E-state index is -0.0228. The minimum absolute atomic E-state index is 0.0228. The Morgan fingerprint density at radius 3 is 2.73 bits per heavy atom. The van der Waals surface area contributed by atoms with Crippen LogP contribution in [0, 0.1) is 0 Å². The molecule has 0 N–H and O–H groups in total. The van der Waals surface area contributed by atoms with Crippen molar-refractivity contribution in [1.82, 2.24) is 24.3 Å². The molecule has 2 saturated heterocycles. The van der Waals surface area contributed by atoms with Gasteiger partial charge in [-0.2, -0.15) is 0 Å².